The molecule has 0 aromatic carbocycles. The molecule has 0 saturated carbocycles. The zero-order valence-electron chi connectivity index (χ0n) is 10.7. The van der Waals surface area contributed by atoms with E-state index in [1.165, 1.54) is 11.3 Å². The van der Waals surface area contributed by atoms with Gasteiger partial charge in [0.2, 0.25) is 5.91 Å². The maximum absolute atomic E-state index is 11.5. The van der Waals surface area contributed by atoms with Gasteiger partial charge in [0.25, 0.3) is 0 Å². The summed E-state index contributed by atoms with van der Waals surface area (Å²) in [5, 5.41) is 4.14. The van der Waals surface area contributed by atoms with Crippen LogP contribution >= 0.6 is 11.3 Å². The molecule has 1 heterocycles. The van der Waals surface area contributed by atoms with E-state index >= 15 is 0 Å². The zero-order chi connectivity index (χ0) is 13.5. The summed E-state index contributed by atoms with van der Waals surface area (Å²) in [6.45, 7) is 2.06. The molecule has 0 unspecified atom stereocenters. The predicted octanol–water partition coefficient (Wildman–Crippen LogP) is 1.49. The van der Waals surface area contributed by atoms with Crippen molar-refractivity contribution in [2.75, 3.05) is 30.9 Å². The lowest BCUT2D eigenvalue weighted by Crippen LogP contribution is -2.14. The molecule has 1 aromatic heterocycles. The van der Waals surface area contributed by atoms with Crippen molar-refractivity contribution in [3.63, 3.8) is 0 Å². The number of hydrogen-bond donors (Lipinski definition) is 1. The molecule has 7 heteroatoms. The number of amides is 1. The van der Waals surface area contributed by atoms with E-state index in [4.69, 9.17) is 4.74 Å². The molecule has 6 nitrogen and oxygen atoms in total. The summed E-state index contributed by atoms with van der Waals surface area (Å²) in [7, 11) is 3.81. The van der Waals surface area contributed by atoms with E-state index in [0.29, 0.717) is 11.7 Å². The van der Waals surface area contributed by atoms with Crippen molar-refractivity contribution < 1.29 is 14.3 Å². The summed E-state index contributed by atoms with van der Waals surface area (Å²) in [5.41, 5.74) is 0. The summed E-state index contributed by atoms with van der Waals surface area (Å²) >= 11 is 1.38. The average Bonchev–Trinajstić information content (AvgIpc) is 2.75. The van der Waals surface area contributed by atoms with Crippen LogP contribution < -0.4 is 10.2 Å². The third-order valence-corrected chi connectivity index (χ3v) is 3.12. The molecule has 1 rings (SSSR count). The summed E-state index contributed by atoms with van der Waals surface area (Å²) in [6, 6.07) is 0. The molecule has 0 aliphatic heterocycles. The molecule has 0 aliphatic rings. The van der Waals surface area contributed by atoms with Gasteiger partial charge in [-0.3, -0.25) is 9.59 Å². The molecule has 0 bridgehead atoms. The second kappa shape index (κ2) is 6.95. The van der Waals surface area contributed by atoms with Gasteiger partial charge >= 0.3 is 5.97 Å². The molecule has 0 radical (unpaired) electrons. The van der Waals surface area contributed by atoms with Crippen LogP contribution in [0.25, 0.3) is 0 Å². The van der Waals surface area contributed by atoms with Gasteiger partial charge in [0.05, 0.1) is 19.2 Å². The van der Waals surface area contributed by atoms with E-state index in [-0.39, 0.29) is 24.7 Å². The van der Waals surface area contributed by atoms with Crippen molar-refractivity contribution in [1.29, 1.82) is 0 Å². The fourth-order valence-electron chi connectivity index (χ4n) is 1.16. The number of carbonyl (C=O) groups is 2. The Morgan fingerprint density at radius 2 is 2.17 bits per heavy atom. The normalized spacial score (nSPS) is 9.94. The Balaban J connectivity index is 2.37. The van der Waals surface area contributed by atoms with Crippen molar-refractivity contribution in [2.24, 2.45) is 0 Å². The van der Waals surface area contributed by atoms with Gasteiger partial charge in [-0.2, -0.15) is 0 Å². The first-order valence-electron chi connectivity index (χ1n) is 5.61. The van der Waals surface area contributed by atoms with Gasteiger partial charge in [-0.25, -0.2) is 4.98 Å². The molecule has 0 spiro atoms. The van der Waals surface area contributed by atoms with Crippen molar-refractivity contribution in [3.8, 4) is 0 Å². The Labute approximate surface area is 110 Å². The number of nitrogens with zero attached hydrogens (tertiary/aromatic N) is 2. The number of ether oxygens (including phenoxy) is 1. The first kappa shape index (κ1) is 14.4. The summed E-state index contributed by atoms with van der Waals surface area (Å²) in [6.07, 6.45) is 1.88. The van der Waals surface area contributed by atoms with Crippen LogP contribution in [0.5, 0.6) is 0 Å². The van der Waals surface area contributed by atoms with Crippen LogP contribution in [0.3, 0.4) is 0 Å². The number of hydrogen-bond acceptors (Lipinski definition) is 6. The molecule has 0 atom stereocenters. The minimum absolute atomic E-state index is 0.0889. The fraction of sp³-hybridized carbons (Fsp3) is 0.545. The highest BCUT2D eigenvalue weighted by Gasteiger charge is 2.10. The largest absolute Gasteiger partial charge is 0.466 e. The minimum Gasteiger partial charge on any atom is -0.466 e. The second-order valence-electron chi connectivity index (χ2n) is 3.75. The van der Waals surface area contributed by atoms with Gasteiger partial charge in [-0.05, 0) is 6.92 Å². The van der Waals surface area contributed by atoms with Crippen LogP contribution in [0.15, 0.2) is 6.20 Å². The summed E-state index contributed by atoms with van der Waals surface area (Å²) < 4.78 is 4.74. The predicted molar refractivity (Wildman–Crippen MR) is 70.9 cm³/mol. The van der Waals surface area contributed by atoms with Crippen molar-refractivity contribution in [2.45, 2.75) is 19.8 Å². The van der Waals surface area contributed by atoms with E-state index in [1.54, 1.807) is 13.1 Å². The van der Waals surface area contributed by atoms with Gasteiger partial charge in [0.1, 0.15) is 5.00 Å². The number of esters is 1. The van der Waals surface area contributed by atoms with Crippen LogP contribution in [0.4, 0.5) is 10.1 Å². The number of thiazole rings is 1. The van der Waals surface area contributed by atoms with Crippen LogP contribution in [-0.2, 0) is 14.3 Å². The van der Waals surface area contributed by atoms with Crippen LogP contribution in [0.2, 0.25) is 0 Å². The molecule has 0 fully saturated rings. The number of anilines is 2. The van der Waals surface area contributed by atoms with Gasteiger partial charge in [-0.1, -0.05) is 11.3 Å². The number of carbonyl (C=O) groups excluding carboxylic acids is 2. The summed E-state index contributed by atoms with van der Waals surface area (Å²) in [5.74, 6) is -0.594. The molecular formula is C11H17N3O3S. The number of aromatic nitrogens is 1. The van der Waals surface area contributed by atoms with Crippen LogP contribution in [0.1, 0.15) is 19.8 Å². The van der Waals surface area contributed by atoms with Gasteiger partial charge in [0.15, 0.2) is 5.13 Å². The smallest absolute Gasteiger partial charge is 0.306 e. The highest BCUT2D eigenvalue weighted by atomic mass is 32.1. The Morgan fingerprint density at radius 1 is 1.44 bits per heavy atom. The quantitative estimate of drug-likeness (QED) is 0.794. The molecule has 0 aliphatic carbocycles. The van der Waals surface area contributed by atoms with Crippen LogP contribution in [-0.4, -0.2) is 37.6 Å². The topological polar surface area (TPSA) is 71.5 Å². The van der Waals surface area contributed by atoms with E-state index in [9.17, 15) is 9.59 Å². The number of nitrogens with one attached hydrogen (secondary N) is 1. The highest BCUT2D eigenvalue weighted by Crippen LogP contribution is 2.25. The first-order chi connectivity index (χ1) is 8.52. The molecular weight excluding hydrogens is 254 g/mol. The van der Waals surface area contributed by atoms with Crippen LogP contribution in [0, 0.1) is 0 Å². The molecule has 100 valence electrons. The Hall–Kier alpha value is -1.63. The molecule has 1 N–H and O–H groups in total. The minimum atomic E-state index is -0.360. The Kier molecular flexibility index (Phi) is 5.57. The SMILES string of the molecule is CCOC(=O)CCC(=O)Nc1ncc(N(C)C)s1. The summed E-state index contributed by atoms with van der Waals surface area (Å²) in [4.78, 5) is 28.6. The average molecular weight is 271 g/mol. The van der Waals surface area contributed by atoms with Crippen molar-refractivity contribution in [1.82, 2.24) is 4.98 Å². The van der Waals surface area contributed by atoms with Gasteiger partial charge in [-0.15, -0.1) is 0 Å². The van der Waals surface area contributed by atoms with E-state index in [2.05, 4.69) is 10.3 Å². The standard InChI is InChI=1S/C11H17N3O3S/c1-4-17-10(16)6-5-8(15)13-11-12-7-9(18-11)14(2)3/h7H,4-6H2,1-3H3,(H,12,13,15). The molecule has 1 amide bonds. The highest BCUT2D eigenvalue weighted by molar-refractivity contribution is 7.19. The lowest BCUT2D eigenvalue weighted by Gasteiger charge is -2.06. The third-order valence-electron chi connectivity index (χ3n) is 2.04. The third kappa shape index (κ3) is 4.70. The Morgan fingerprint density at radius 3 is 2.72 bits per heavy atom. The maximum Gasteiger partial charge on any atom is 0.306 e. The fourth-order valence-corrected chi connectivity index (χ4v) is 1.92. The number of rotatable bonds is 6. The van der Waals surface area contributed by atoms with Crippen molar-refractivity contribution >= 4 is 33.3 Å². The monoisotopic (exact) mass is 271 g/mol. The molecule has 1 aromatic rings. The molecule has 18 heavy (non-hydrogen) atoms. The van der Waals surface area contributed by atoms with E-state index in [1.807, 2.05) is 19.0 Å². The lowest BCUT2D eigenvalue weighted by atomic mass is 10.3. The zero-order valence-corrected chi connectivity index (χ0v) is 11.5. The lowest BCUT2D eigenvalue weighted by molar-refractivity contribution is -0.144. The van der Waals surface area contributed by atoms with Gasteiger partial charge < -0.3 is 15.0 Å². The van der Waals surface area contributed by atoms with Gasteiger partial charge in [0, 0.05) is 20.5 Å². The van der Waals surface area contributed by atoms with Crippen molar-refractivity contribution in [3.05, 3.63) is 6.20 Å². The Bertz CT molecular complexity index is 417. The first-order valence-corrected chi connectivity index (χ1v) is 6.43. The van der Waals surface area contributed by atoms with E-state index in [0.717, 1.165) is 5.00 Å². The second-order valence-corrected chi connectivity index (χ2v) is 4.76. The molecule has 0 saturated heterocycles. The maximum atomic E-state index is 11.5. The van der Waals surface area contributed by atoms with E-state index < -0.39 is 0 Å².